The summed E-state index contributed by atoms with van der Waals surface area (Å²) in [6.45, 7) is 1.92. The van der Waals surface area contributed by atoms with Gasteiger partial charge in [-0.1, -0.05) is 5.16 Å². The lowest BCUT2D eigenvalue weighted by atomic mass is 10.1. The lowest BCUT2D eigenvalue weighted by Crippen LogP contribution is -2.43. The monoisotopic (exact) mass is 363 g/mol. The standard InChI is InChI=1S/C17H21N3O4S/c1-20-9-7-13(8-10-20)18-17(21)15-11-16(24-19-15)12-3-5-14(6-4-12)25(2,22)23/h3-6,11,13H,7-10H2,1-2H3,(H,18,21). The summed E-state index contributed by atoms with van der Waals surface area (Å²) >= 11 is 0. The number of likely N-dealkylation sites (tertiary alicyclic amines) is 1. The van der Waals surface area contributed by atoms with E-state index in [1.165, 1.54) is 12.1 Å². The molecule has 0 unspecified atom stereocenters. The molecule has 1 saturated heterocycles. The van der Waals surface area contributed by atoms with Gasteiger partial charge < -0.3 is 14.7 Å². The van der Waals surface area contributed by atoms with Crippen molar-refractivity contribution in [3.05, 3.63) is 36.0 Å². The zero-order valence-corrected chi connectivity index (χ0v) is 15.0. The van der Waals surface area contributed by atoms with Crippen molar-refractivity contribution in [3.63, 3.8) is 0 Å². The molecule has 1 fully saturated rings. The number of hydrogen-bond acceptors (Lipinski definition) is 6. The number of hydrogen-bond donors (Lipinski definition) is 1. The van der Waals surface area contributed by atoms with E-state index in [0.29, 0.717) is 11.3 Å². The molecule has 0 spiro atoms. The van der Waals surface area contributed by atoms with Gasteiger partial charge in [-0.3, -0.25) is 4.79 Å². The fourth-order valence-electron chi connectivity index (χ4n) is 2.80. The Morgan fingerprint density at radius 3 is 2.48 bits per heavy atom. The fraction of sp³-hybridized carbons (Fsp3) is 0.412. The van der Waals surface area contributed by atoms with Crippen molar-refractivity contribution in [2.45, 2.75) is 23.8 Å². The van der Waals surface area contributed by atoms with E-state index in [1.54, 1.807) is 18.2 Å². The number of carbonyl (C=O) groups is 1. The highest BCUT2D eigenvalue weighted by Gasteiger charge is 2.21. The maximum Gasteiger partial charge on any atom is 0.273 e. The second-order valence-corrected chi connectivity index (χ2v) is 8.44. The zero-order valence-electron chi connectivity index (χ0n) is 14.2. The van der Waals surface area contributed by atoms with Gasteiger partial charge in [-0.25, -0.2) is 8.42 Å². The zero-order chi connectivity index (χ0) is 18.0. The van der Waals surface area contributed by atoms with Crippen LogP contribution in [0.25, 0.3) is 11.3 Å². The molecular weight excluding hydrogens is 342 g/mol. The smallest absolute Gasteiger partial charge is 0.273 e. The van der Waals surface area contributed by atoms with Gasteiger partial charge in [-0.05, 0) is 57.2 Å². The van der Waals surface area contributed by atoms with Crippen LogP contribution in [-0.2, 0) is 9.84 Å². The molecule has 1 aliphatic rings. The molecule has 0 atom stereocenters. The molecule has 1 aromatic heterocycles. The van der Waals surface area contributed by atoms with E-state index in [2.05, 4.69) is 22.4 Å². The Hall–Kier alpha value is -2.19. The molecule has 7 nitrogen and oxygen atoms in total. The molecule has 0 aliphatic carbocycles. The van der Waals surface area contributed by atoms with Gasteiger partial charge in [0, 0.05) is 23.9 Å². The van der Waals surface area contributed by atoms with Crippen LogP contribution in [0.3, 0.4) is 0 Å². The predicted molar refractivity (Wildman–Crippen MR) is 93.0 cm³/mol. The molecule has 1 aliphatic heterocycles. The van der Waals surface area contributed by atoms with Gasteiger partial charge in [0.2, 0.25) is 0 Å². The number of aromatic nitrogens is 1. The molecule has 2 heterocycles. The van der Waals surface area contributed by atoms with Crippen LogP contribution in [0.2, 0.25) is 0 Å². The van der Waals surface area contributed by atoms with Crippen molar-refractivity contribution >= 4 is 15.7 Å². The maximum absolute atomic E-state index is 12.3. The average Bonchev–Trinajstić information content (AvgIpc) is 3.06. The van der Waals surface area contributed by atoms with Crippen molar-refractivity contribution in [1.29, 1.82) is 0 Å². The molecular formula is C17H21N3O4S. The van der Waals surface area contributed by atoms with E-state index in [4.69, 9.17) is 4.52 Å². The van der Waals surface area contributed by atoms with Crippen LogP contribution in [0.4, 0.5) is 0 Å². The minimum atomic E-state index is -3.24. The molecule has 0 saturated carbocycles. The Balaban J connectivity index is 1.68. The number of sulfone groups is 1. The molecule has 1 aromatic carbocycles. The second kappa shape index (κ2) is 6.97. The summed E-state index contributed by atoms with van der Waals surface area (Å²) in [5.41, 5.74) is 0.888. The van der Waals surface area contributed by atoms with E-state index in [1.807, 2.05) is 0 Å². The van der Waals surface area contributed by atoms with Crippen LogP contribution in [0, 0.1) is 0 Å². The van der Waals surface area contributed by atoms with Gasteiger partial charge in [0.15, 0.2) is 21.3 Å². The maximum atomic E-state index is 12.3. The summed E-state index contributed by atoms with van der Waals surface area (Å²) in [6.07, 6.45) is 2.99. The number of rotatable bonds is 4. The van der Waals surface area contributed by atoms with Crippen molar-refractivity contribution in [1.82, 2.24) is 15.4 Å². The fourth-order valence-corrected chi connectivity index (χ4v) is 3.43. The minimum absolute atomic E-state index is 0.151. The molecule has 1 amide bonds. The number of amides is 1. The van der Waals surface area contributed by atoms with Crippen LogP contribution in [0.5, 0.6) is 0 Å². The van der Waals surface area contributed by atoms with Crippen molar-refractivity contribution in [2.75, 3.05) is 26.4 Å². The Kier molecular flexibility index (Phi) is 4.91. The van der Waals surface area contributed by atoms with Crippen molar-refractivity contribution < 1.29 is 17.7 Å². The Morgan fingerprint density at radius 2 is 1.88 bits per heavy atom. The van der Waals surface area contributed by atoms with E-state index in [0.717, 1.165) is 32.2 Å². The molecule has 0 radical (unpaired) electrons. The summed E-state index contributed by atoms with van der Waals surface area (Å²) in [6, 6.07) is 8.00. The first kappa shape index (κ1) is 17.6. The third-order valence-electron chi connectivity index (χ3n) is 4.36. The normalized spacial score (nSPS) is 16.7. The van der Waals surface area contributed by atoms with E-state index in [9.17, 15) is 13.2 Å². The Bertz CT molecular complexity index is 850. The number of piperidine rings is 1. The minimum Gasteiger partial charge on any atom is -0.355 e. The SMILES string of the molecule is CN1CCC(NC(=O)c2cc(-c3ccc(S(C)(=O)=O)cc3)on2)CC1. The topological polar surface area (TPSA) is 92.5 Å². The van der Waals surface area contributed by atoms with E-state index < -0.39 is 9.84 Å². The molecule has 3 rings (SSSR count). The Morgan fingerprint density at radius 1 is 1.24 bits per heavy atom. The molecule has 8 heteroatoms. The van der Waals surface area contributed by atoms with Crippen LogP contribution in [-0.4, -0.2) is 56.8 Å². The van der Waals surface area contributed by atoms with E-state index in [-0.39, 0.29) is 22.5 Å². The van der Waals surface area contributed by atoms with Gasteiger partial charge in [0.1, 0.15) is 0 Å². The van der Waals surface area contributed by atoms with Gasteiger partial charge in [0.25, 0.3) is 5.91 Å². The van der Waals surface area contributed by atoms with Crippen LogP contribution < -0.4 is 5.32 Å². The molecule has 25 heavy (non-hydrogen) atoms. The van der Waals surface area contributed by atoms with Gasteiger partial charge in [-0.15, -0.1) is 0 Å². The third-order valence-corrected chi connectivity index (χ3v) is 5.49. The summed E-state index contributed by atoms with van der Waals surface area (Å²) in [5.74, 6) is 0.172. The van der Waals surface area contributed by atoms with Gasteiger partial charge >= 0.3 is 0 Å². The number of nitrogens with one attached hydrogen (secondary N) is 1. The van der Waals surface area contributed by atoms with E-state index >= 15 is 0 Å². The van der Waals surface area contributed by atoms with Crippen molar-refractivity contribution in [3.8, 4) is 11.3 Å². The molecule has 134 valence electrons. The van der Waals surface area contributed by atoms with Gasteiger partial charge in [-0.2, -0.15) is 0 Å². The quantitative estimate of drug-likeness (QED) is 0.886. The Labute approximate surface area is 146 Å². The lowest BCUT2D eigenvalue weighted by Gasteiger charge is -2.29. The highest BCUT2D eigenvalue weighted by atomic mass is 32.2. The highest BCUT2D eigenvalue weighted by molar-refractivity contribution is 7.90. The third kappa shape index (κ3) is 4.26. The first-order valence-electron chi connectivity index (χ1n) is 8.09. The highest BCUT2D eigenvalue weighted by Crippen LogP contribution is 2.22. The molecule has 0 bridgehead atoms. The second-order valence-electron chi connectivity index (χ2n) is 6.42. The summed E-state index contributed by atoms with van der Waals surface area (Å²) in [4.78, 5) is 14.8. The number of carbonyl (C=O) groups excluding carboxylic acids is 1. The van der Waals surface area contributed by atoms with Crippen LogP contribution >= 0.6 is 0 Å². The number of nitrogens with zero attached hydrogens (tertiary/aromatic N) is 2. The average molecular weight is 363 g/mol. The molecule has 1 N–H and O–H groups in total. The summed E-state index contributed by atoms with van der Waals surface area (Å²) in [5, 5.41) is 6.81. The van der Waals surface area contributed by atoms with Gasteiger partial charge in [0.05, 0.1) is 4.90 Å². The van der Waals surface area contributed by atoms with Crippen LogP contribution in [0.15, 0.2) is 39.8 Å². The first-order valence-corrected chi connectivity index (χ1v) is 9.99. The summed E-state index contributed by atoms with van der Waals surface area (Å²) in [7, 11) is -1.18. The lowest BCUT2D eigenvalue weighted by molar-refractivity contribution is 0.0908. The molecule has 2 aromatic rings. The van der Waals surface area contributed by atoms with Crippen LogP contribution in [0.1, 0.15) is 23.3 Å². The summed E-state index contributed by atoms with van der Waals surface area (Å²) < 4.78 is 28.2. The first-order chi connectivity index (χ1) is 11.8. The number of benzene rings is 1. The van der Waals surface area contributed by atoms with Crippen molar-refractivity contribution in [2.24, 2.45) is 0 Å². The largest absolute Gasteiger partial charge is 0.355 e. The predicted octanol–water partition coefficient (Wildman–Crippen LogP) is 1.57.